The summed E-state index contributed by atoms with van der Waals surface area (Å²) in [6, 6.07) is 2.07. The van der Waals surface area contributed by atoms with Crippen LogP contribution in [0.3, 0.4) is 0 Å². The fourth-order valence-electron chi connectivity index (χ4n) is 2.15. The Morgan fingerprint density at radius 3 is 3.16 bits per heavy atom. The number of thiophene rings is 1. The van der Waals surface area contributed by atoms with Crippen molar-refractivity contribution in [1.29, 1.82) is 0 Å². The lowest BCUT2D eigenvalue weighted by molar-refractivity contribution is -0.138. The second-order valence-corrected chi connectivity index (χ2v) is 7.34. The summed E-state index contributed by atoms with van der Waals surface area (Å²) in [6.45, 7) is 0.723. The number of thiazole rings is 1. The van der Waals surface area contributed by atoms with E-state index in [-0.39, 0.29) is 0 Å². The molecule has 0 amide bonds. The highest BCUT2D eigenvalue weighted by atomic mass is 79.9. The Morgan fingerprint density at radius 1 is 1.63 bits per heavy atom. The maximum atomic E-state index is 11.1. The van der Waals surface area contributed by atoms with Crippen molar-refractivity contribution in [2.45, 2.75) is 25.3 Å². The van der Waals surface area contributed by atoms with Gasteiger partial charge in [-0.2, -0.15) is 0 Å². The Balaban J connectivity index is 1.70. The van der Waals surface area contributed by atoms with Gasteiger partial charge in [-0.15, -0.1) is 22.7 Å². The molecule has 0 aromatic carbocycles. The molecule has 1 atom stereocenters. The van der Waals surface area contributed by atoms with Gasteiger partial charge in [-0.05, 0) is 34.8 Å². The largest absolute Gasteiger partial charge is 0.481 e. The van der Waals surface area contributed by atoms with Gasteiger partial charge in [0.05, 0.1) is 12.2 Å². The summed E-state index contributed by atoms with van der Waals surface area (Å²) in [4.78, 5) is 17.9. The van der Waals surface area contributed by atoms with E-state index < -0.39 is 11.9 Å². The number of anilines is 1. The summed E-state index contributed by atoms with van der Waals surface area (Å²) in [6.07, 6.45) is 1.51. The van der Waals surface area contributed by atoms with Crippen molar-refractivity contribution in [1.82, 2.24) is 4.98 Å². The molecule has 0 fully saturated rings. The molecule has 0 saturated carbocycles. The zero-order valence-electron chi connectivity index (χ0n) is 9.85. The van der Waals surface area contributed by atoms with Crippen LogP contribution in [0.2, 0.25) is 0 Å². The van der Waals surface area contributed by atoms with Crippen molar-refractivity contribution in [3.63, 3.8) is 0 Å². The van der Waals surface area contributed by atoms with E-state index in [0.717, 1.165) is 33.1 Å². The maximum absolute atomic E-state index is 11.1. The molecule has 1 aliphatic carbocycles. The monoisotopic (exact) mass is 358 g/mol. The van der Waals surface area contributed by atoms with Crippen molar-refractivity contribution in [3.05, 3.63) is 31.4 Å². The van der Waals surface area contributed by atoms with Gasteiger partial charge in [0.15, 0.2) is 5.13 Å². The van der Waals surface area contributed by atoms with Gasteiger partial charge in [0.25, 0.3) is 0 Å². The number of carbonyl (C=O) groups is 1. The lowest BCUT2D eigenvalue weighted by atomic mass is 10.1. The van der Waals surface area contributed by atoms with Gasteiger partial charge in [0.2, 0.25) is 0 Å². The minimum atomic E-state index is -0.766. The zero-order valence-corrected chi connectivity index (χ0v) is 13.1. The van der Waals surface area contributed by atoms with Gasteiger partial charge < -0.3 is 10.4 Å². The number of fused-ring (bicyclic) bond motifs is 1. The van der Waals surface area contributed by atoms with Crippen LogP contribution in [0.1, 0.15) is 27.8 Å². The number of nitrogens with zero attached hydrogens (tertiary/aromatic N) is 1. The Bertz CT molecular complexity index is 623. The van der Waals surface area contributed by atoms with Crippen LogP contribution in [0.15, 0.2) is 15.9 Å². The van der Waals surface area contributed by atoms with E-state index in [2.05, 4.69) is 32.3 Å². The third-order valence-electron chi connectivity index (χ3n) is 3.05. The third-order valence-corrected chi connectivity index (χ3v) is 5.84. The minimum absolute atomic E-state index is 0.419. The Kier molecular flexibility index (Phi) is 3.60. The zero-order chi connectivity index (χ0) is 13.4. The average Bonchev–Trinajstić information content (AvgIpc) is 3.00. The summed E-state index contributed by atoms with van der Waals surface area (Å²) in [5.41, 5.74) is 0.757. The van der Waals surface area contributed by atoms with Crippen molar-refractivity contribution >= 4 is 49.7 Å². The molecule has 19 heavy (non-hydrogen) atoms. The molecule has 1 aliphatic rings. The van der Waals surface area contributed by atoms with Crippen LogP contribution in [0.4, 0.5) is 5.13 Å². The van der Waals surface area contributed by atoms with E-state index in [0.29, 0.717) is 6.42 Å². The van der Waals surface area contributed by atoms with E-state index in [9.17, 15) is 4.79 Å². The number of halogens is 1. The van der Waals surface area contributed by atoms with Crippen LogP contribution < -0.4 is 5.32 Å². The van der Waals surface area contributed by atoms with Crippen LogP contribution in [-0.2, 0) is 17.8 Å². The molecule has 2 heterocycles. The number of rotatable bonds is 4. The molecular weight excluding hydrogens is 348 g/mol. The van der Waals surface area contributed by atoms with Gasteiger partial charge in [-0.3, -0.25) is 4.79 Å². The van der Waals surface area contributed by atoms with E-state index in [4.69, 9.17) is 5.11 Å². The molecule has 0 spiro atoms. The molecule has 3 rings (SSSR count). The van der Waals surface area contributed by atoms with Crippen molar-refractivity contribution in [3.8, 4) is 0 Å². The van der Waals surface area contributed by atoms with Crippen molar-refractivity contribution in [2.24, 2.45) is 0 Å². The molecule has 0 aliphatic heterocycles. The van der Waals surface area contributed by atoms with E-state index in [1.165, 1.54) is 4.88 Å². The first-order valence-electron chi connectivity index (χ1n) is 5.82. The number of aryl methyl sites for hydroxylation is 1. The second-order valence-electron chi connectivity index (χ2n) is 4.34. The molecule has 0 saturated heterocycles. The van der Waals surface area contributed by atoms with Crippen molar-refractivity contribution in [2.75, 3.05) is 5.32 Å². The van der Waals surface area contributed by atoms with Crippen LogP contribution in [0, 0.1) is 0 Å². The summed E-state index contributed by atoms with van der Waals surface area (Å²) < 4.78 is 1.09. The Hall–Kier alpha value is -0.920. The number of aliphatic carboxylic acids is 1. The molecule has 100 valence electrons. The smallest absolute Gasteiger partial charge is 0.312 e. The van der Waals surface area contributed by atoms with Gasteiger partial charge in [0, 0.05) is 19.6 Å². The second kappa shape index (κ2) is 5.22. The number of hydrogen-bond donors (Lipinski definition) is 2. The summed E-state index contributed by atoms with van der Waals surface area (Å²) in [5, 5.41) is 15.2. The van der Waals surface area contributed by atoms with Gasteiger partial charge >= 0.3 is 5.97 Å². The van der Waals surface area contributed by atoms with Gasteiger partial charge in [-0.25, -0.2) is 4.98 Å². The van der Waals surface area contributed by atoms with Crippen LogP contribution in [0.5, 0.6) is 0 Å². The lowest BCUT2D eigenvalue weighted by Crippen LogP contribution is -2.08. The van der Waals surface area contributed by atoms with E-state index in [1.54, 1.807) is 22.7 Å². The SMILES string of the molecule is O=C(O)C1CCc2sc(NCc3cc(Br)cs3)nc21. The first-order valence-corrected chi connectivity index (χ1v) is 8.31. The molecule has 2 aromatic heterocycles. The number of aromatic nitrogens is 1. The summed E-state index contributed by atoms with van der Waals surface area (Å²) >= 11 is 6.68. The highest BCUT2D eigenvalue weighted by Crippen LogP contribution is 2.38. The van der Waals surface area contributed by atoms with Crippen molar-refractivity contribution < 1.29 is 9.90 Å². The molecule has 0 radical (unpaired) electrons. The van der Waals surface area contributed by atoms with Gasteiger partial charge in [0.1, 0.15) is 5.92 Å². The molecule has 1 unspecified atom stereocenters. The highest BCUT2D eigenvalue weighted by Gasteiger charge is 2.32. The third kappa shape index (κ3) is 2.68. The first kappa shape index (κ1) is 13.1. The van der Waals surface area contributed by atoms with Crippen LogP contribution in [0.25, 0.3) is 0 Å². The molecule has 2 aromatic rings. The highest BCUT2D eigenvalue weighted by molar-refractivity contribution is 9.10. The van der Waals surface area contributed by atoms with Crippen LogP contribution in [-0.4, -0.2) is 16.1 Å². The van der Waals surface area contributed by atoms with E-state index in [1.807, 2.05) is 5.38 Å². The number of carboxylic acid groups (broad SMARTS) is 1. The normalized spacial score (nSPS) is 17.4. The predicted molar refractivity (Wildman–Crippen MR) is 80.2 cm³/mol. The lowest BCUT2D eigenvalue weighted by Gasteiger charge is -2.02. The average molecular weight is 359 g/mol. The minimum Gasteiger partial charge on any atom is -0.481 e. The summed E-state index contributed by atoms with van der Waals surface area (Å²) in [7, 11) is 0. The molecule has 0 bridgehead atoms. The fourth-order valence-corrected chi connectivity index (χ4v) is 4.58. The maximum Gasteiger partial charge on any atom is 0.312 e. The van der Waals surface area contributed by atoms with Gasteiger partial charge in [-0.1, -0.05) is 0 Å². The standard InChI is InChI=1S/C12H11BrN2O2S2/c13-6-3-7(18-5-6)4-14-12-15-10-8(11(16)17)1-2-9(10)19-12/h3,5,8H,1-2,4H2,(H,14,15)(H,16,17). The van der Waals surface area contributed by atoms with Crippen LogP contribution >= 0.6 is 38.6 Å². The number of carboxylic acids is 1. The van der Waals surface area contributed by atoms with E-state index >= 15 is 0 Å². The topological polar surface area (TPSA) is 62.2 Å². The molecule has 7 heteroatoms. The molecular formula is C12H11BrN2O2S2. The molecule has 4 nitrogen and oxygen atoms in total. The summed E-state index contributed by atoms with van der Waals surface area (Å²) in [5.74, 6) is -1.18. The Morgan fingerprint density at radius 2 is 2.47 bits per heavy atom. The molecule has 2 N–H and O–H groups in total. The number of nitrogens with one attached hydrogen (secondary N) is 1. The fraction of sp³-hybridized carbons (Fsp3) is 0.333. The quantitative estimate of drug-likeness (QED) is 0.874. The Labute approximate surface area is 126 Å². The number of hydrogen-bond acceptors (Lipinski definition) is 5. The first-order chi connectivity index (χ1) is 9.13. The predicted octanol–water partition coefficient (Wildman–Crippen LogP) is 3.69.